The van der Waals surface area contributed by atoms with Crippen molar-refractivity contribution in [2.75, 3.05) is 12.3 Å². The van der Waals surface area contributed by atoms with E-state index in [1.54, 1.807) is 0 Å². The monoisotopic (exact) mass is 271 g/mol. The van der Waals surface area contributed by atoms with E-state index in [4.69, 9.17) is 5.73 Å². The molecule has 0 radical (unpaired) electrons. The Morgan fingerprint density at radius 2 is 2.26 bits per heavy atom. The molecular weight excluding hydrogens is 258 g/mol. The summed E-state index contributed by atoms with van der Waals surface area (Å²) in [5, 5.41) is 5.31. The average Bonchev–Trinajstić information content (AvgIpc) is 2.83. The lowest BCUT2D eigenvalue weighted by Crippen LogP contribution is -2.31. The molecule has 0 bridgehead atoms. The summed E-state index contributed by atoms with van der Waals surface area (Å²) in [4.78, 5) is 15.9. The molecular formula is C14H13N3OS. The number of nitrogens with zero attached hydrogens (tertiary/aromatic N) is 1. The Morgan fingerprint density at radius 3 is 3.05 bits per heavy atom. The third-order valence-electron chi connectivity index (χ3n) is 3.04. The lowest BCUT2D eigenvalue weighted by atomic mass is 9.98. The minimum Gasteiger partial charge on any atom is -0.375 e. The minimum atomic E-state index is 0.00871. The van der Waals surface area contributed by atoms with Gasteiger partial charge in [0.15, 0.2) is 5.13 Å². The summed E-state index contributed by atoms with van der Waals surface area (Å²) in [7, 11) is 0. The molecule has 1 aliphatic rings. The Balaban J connectivity index is 1.88. The predicted molar refractivity (Wildman–Crippen MR) is 77.9 cm³/mol. The van der Waals surface area contributed by atoms with Gasteiger partial charge in [-0.15, -0.1) is 11.3 Å². The van der Waals surface area contributed by atoms with Crippen LogP contribution in [0.5, 0.6) is 0 Å². The molecule has 3 rings (SSSR count). The third kappa shape index (κ3) is 2.51. The van der Waals surface area contributed by atoms with Gasteiger partial charge in [0.05, 0.1) is 5.69 Å². The van der Waals surface area contributed by atoms with Gasteiger partial charge in [-0.1, -0.05) is 18.2 Å². The van der Waals surface area contributed by atoms with Gasteiger partial charge in [-0.3, -0.25) is 4.79 Å². The molecule has 19 heavy (non-hydrogen) atoms. The maximum atomic E-state index is 11.8. The smallest absolute Gasteiger partial charge is 0.251 e. The fourth-order valence-corrected chi connectivity index (χ4v) is 2.62. The normalized spacial score (nSPS) is 14.4. The zero-order valence-corrected chi connectivity index (χ0v) is 11.0. The zero-order chi connectivity index (χ0) is 13.2. The van der Waals surface area contributed by atoms with Crippen LogP contribution in [0.3, 0.4) is 0 Å². The van der Waals surface area contributed by atoms with Gasteiger partial charge in [0.1, 0.15) is 0 Å². The summed E-state index contributed by atoms with van der Waals surface area (Å²) < 4.78 is 0. The quantitative estimate of drug-likeness (QED) is 0.879. The Labute approximate surface area is 115 Å². The number of hydrogen-bond donors (Lipinski definition) is 2. The molecule has 0 saturated carbocycles. The van der Waals surface area contributed by atoms with Gasteiger partial charge < -0.3 is 11.1 Å². The van der Waals surface area contributed by atoms with Crippen molar-refractivity contribution in [3.05, 3.63) is 46.0 Å². The first-order chi connectivity index (χ1) is 9.22. The SMILES string of the molecule is Nc1nc(C=Cc2ccc3c(c2)C(=O)NCC3)cs1. The third-order valence-corrected chi connectivity index (χ3v) is 3.74. The number of nitrogen functional groups attached to an aromatic ring is 1. The molecule has 1 aromatic carbocycles. The first-order valence-electron chi connectivity index (χ1n) is 6.02. The van der Waals surface area contributed by atoms with E-state index in [1.807, 2.05) is 35.7 Å². The highest BCUT2D eigenvalue weighted by Crippen LogP contribution is 2.18. The number of carbonyl (C=O) groups excluding carboxylic acids is 1. The van der Waals surface area contributed by atoms with Crippen LogP contribution in [0, 0.1) is 0 Å². The second-order valence-electron chi connectivity index (χ2n) is 4.37. The molecule has 1 aliphatic heterocycles. The van der Waals surface area contributed by atoms with E-state index >= 15 is 0 Å². The molecule has 5 heteroatoms. The van der Waals surface area contributed by atoms with E-state index in [1.165, 1.54) is 11.3 Å². The van der Waals surface area contributed by atoms with Gasteiger partial charge in [0.2, 0.25) is 0 Å². The zero-order valence-electron chi connectivity index (χ0n) is 10.2. The van der Waals surface area contributed by atoms with E-state index in [2.05, 4.69) is 10.3 Å². The Hall–Kier alpha value is -2.14. The number of hydrogen-bond acceptors (Lipinski definition) is 4. The predicted octanol–water partition coefficient (Wildman–Crippen LogP) is 2.18. The van der Waals surface area contributed by atoms with Crippen molar-refractivity contribution in [3.63, 3.8) is 0 Å². The lowest BCUT2D eigenvalue weighted by molar-refractivity contribution is 0.0946. The Morgan fingerprint density at radius 1 is 1.37 bits per heavy atom. The molecule has 0 atom stereocenters. The number of benzene rings is 1. The summed E-state index contributed by atoms with van der Waals surface area (Å²) in [6.07, 6.45) is 4.74. The van der Waals surface area contributed by atoms with Crippen LogP contribution in [0.4, 0.5) is 5.13 Å². The number of carbonyl (C=O) groups is 1. The van der Waals surface area contributed by atoms with Crippen LogP contribution in [0.25, 0.3) is 12.2 Å². The first-order valence-corrected chi connectivity index (χ1v) is 6.90. The molecule has 1 amide bonds. The van der Waals surface area contributed by atoms with Crippen LogP contribution in [0.15, 0.2) is 23.6 Å². The minimum absolute atomic E-state index is 0.00871. The summed E-state index contributed by atoms with van der Waals surface area (Å²) in [5.41, 5.74) is 9.28. The van der Waals surface area contributed by atoms with E-state index < -0.39 is 0 Å². The molecule has 0 unspecified atom stereocenters. The second kappa shape index (κ2) is 4.85. The van der Waals surface area contributed by atoms with E-state index in [-0.39, 0.29) is 5.91 Å². The van der Waals surface area contributed by atoms with Gasteiger partial charge in [-0.2, -0.15) is 0 Å². The van der Waals surface area contributed by atoms with Gasteiger partial charge >= 0.3 is 0 Å². The number of thiazole rings is 1. The van der Waals surface area contributed by atoms with E-state index in [0.29, 0.717) is 5.13 Å². The van der Waals surface area contributed by atoms with E-state index in [0.717, 1.165) is 35.3 Å². The van der Waals surface area contributed by atoms with Crippen molar-refractivity contribution >= 4 is 34.5 Å². The number of nitrogens with one attached hydrogen (secondary N) is 1. The Bertz CT molecular complexity index is 660. The molecule has 3 N–H and O–H groups in total. The lowest BCUT2D eigenvalue weighted by Gasteiger charge is -2.16. The Kier molecular flexibility index (Phi) is 3.05. The van der Waals surface area contributed by atoms with Crippen LogP contribution in [0.1, 0.15) is 27.2 Å². The summed E-state index contributed by atoms with van der Waals surface area (Å²) in [6, 6.07) is 5.95. The van der Waals surface area contributed by atoms with Crippen molar-refractivity contribution in [1.82, 2.24) is 10.3 Å². The van der Waals surface area contributed by atoms with Crippen LogP contribution in [-0.2, 0) is 6.42 Å². The topological polar surface area (TPSA) is 68.0 Å². The standard InChI is InChI=1S/C14H13N3OS/c15-14-17-11(8-19-14)4-2-9-1-3-10-5-6-16-13(18)12(10)7-9/h1-4,7-8H,5-6H2,(H2,15,17)(H,16,18). The fraction of sp³-hybridized carbons (Fsp3) is 0.143. The van der Waals surface area contributed by atoms with Crippen molar-refractivity contribution in [2.45, 2.75) is 6.42 Å². The molecule has 96 valence electrons. The molecule has 2 heterocycles. The number of anilines is 1. The molecule has 0 spiro atoms. The summed E-state index contributed by atoms with van der Waals surface area (Å²) in [6.45, 7) is 0.721. The van der Waals surface area contributed by atoms with Gasteiger partial charge in [-0.25, -0.2) is 4.98 Å². The molecule has 2 aromatic rings. The molecule has 4 nitrogen and oxygen atoms in total. The van der Waals surface area contributed by atoms with Crippen LogP contribution in [0.2, 0.25) is 0 Å². The molecule has 0 fully saturated rings. The van der Waals surface area contributed by atoms with Crippen LogP contribution < -0.4 is 11.1 Å². The fourth-order valence-electron chi connectivity index (χ4n) is 2.09. The van der Waals surface area contributed by atoms with Gasteiger partial charge in [-0.05, 0) is 29.7 Å². The number of fused-ring (bicyclic) bond motifs is 1. The van der Waals surface area contributed by atoms with E-state index in [9.17, 15) is 4.79 Å². The number of nitrogens with two attached hydrogens (primary N) is 1. The van der Waals surface area contributed by atoms with Gasteiger partial charge in [0.25, 0.3) is 5.91 Å². The van der Waals surface area contributed by atoms with Crippen molar-refractivity contribution in [3.8, 4) is 0 Å². The van der Waals surface area contributed by atoms with Crippen LogP contribution >= 0.6 is 11.3 Å². The molecule has 0 saturated heterocycles. The van der Waals surface area contributed by atoms with Crippen molar-refractivity contribution < 1.29 is 4.79 Å². The highest BCUT2D eigenvalue weighted by atomic mass is 32.1. The van der Waals surface area contributed by atoms with Gasteiger partial charge in [0, 0.05) is 17.5 Å². The van der Waals surface area contributed by atoms with Crippen LogP contribution in [-0.4, -0.2) is 17.4 Å². The molecule has 0 aliphatic carbocycles. The highest BCUT2D eigenvalue weighted by molar-refractivity contribution is 7.13. The highest BCUT2D eigenvalue weighted by Gasteiger charge is 2.15. The summed E-state index contributed by atoms with van der Waals surface area (Å²) in [5.74, 6) is 0.00871. The number of aromatic nitrogens is 1. The average molecular weight is 271 g/mol. The summed E-state index contributed by atoms with van der Waals surface area (Å²) >= 11 is 1.41. The van der Waals surface area contributed by atoms with Crippen molar-refractivity contribution in [2.24, 2.45) is 0 Å². The largest absolute Gasteiger partial charge is 0.375 e. The maximum Gasteiger partial charge on any atom is 0.251 e. The van der Waals surface area contributed by atoms with Crippen molar-refractivity contribution in [1.29, 1.82) is 0 Å². The number of amides is 1. The first kappa shape index (κ1) is 11.9. The number of rotatable bonds is 2. The maximum absolute atomic E-state index is 11.8. The second-order valence-corrected chi connectivity index (χ2v) is 5.26. The molecule has 1 aromatic heterocycles.